The van der Waals surface area contributed by atoms with Crippen LogP contribution < -0.4 is 5.32 Å². The van der Waals surface area contributed by atoms with E-state index >= 15 is 0 Å². The highest BCUT2D eigenvalue weighted by Gasteiger charge is 2.09. The summed E-state index contributed by atoms with van der Waals surface area (Å²) in [5.74, 6) is 0. The molecule has 18 heavy (non-hydrogen) atoms. The number of hydrogen-bond donors (Lipinski definition) is 2. The van der Waals surface area contributed by atoms with Crippen molar-refractivity contribution < 1.29 is 15.2 Å². The summed E-state index contributed by atoms with van der Waals surface area (Å²) in [4.78, 5) is 0. The van der Waals surface area contributed by atoms with Crippen molar-refractivity contribution in [3.63, 3.8) is 0 Å². The molecule has 1 aromatic carbocycles. The second-order valence-electron chi connectivity index (χ2n) is 4.65. The Bertz CT molecular complexity index is 329. The number of benzene rings is 1. The van der Waals surface area contributed by atoms with Gasteiger partial charge in [-0.1, -0.05) is 30.7 Å². The Morgan fingerprint density at radius 2 is 2.00 bits per heavy atom. The van der Waals surface area contributed by atoms with E-state index in [1.165, 1.54) is 0 Å². The molecule has 0 fully saturated rings. The molecular weight excluding hydrogens is 250 g/mol. The minimum absolute atomic E-state index is 0.371. The lowest BCUT2D eigenvalue weighted by molar-refractivity contribution is -0.692. The van der Waals surface area contributed by atoms with Gasteiger partial charge in [-0.2, -0.15) is 0 Å². The van der Waals surface area contributed by atoms with E-state index in [4.69, 9.17) is 16.3 Å². The Labute approximate surface area is 114 Å². The average molecular weight is 273 g/mol. The molecule has 0 aliphatic carbocycles. The van der Waals surface area contributed by atoms with Crippen molar-refractivity contribution in [2.24, 2.45) is 0 Å². The SMILES string of the molecule is CC[C@@H](C)[NH2+]C[C@H](O)COCc1ccc(Cl)cc1. The number of hydrogen-bond acceptors (Lipinski definition) is 2. The predicted octanol–water partition coefficient (Wildman–Crippen LogP) is 1.58. The van der Waals surface area contributed by atoms with Gasteiger partial charge in [-0.05, 0) is 31.0 Å². The van der Waals surface area contributed by atoms with Crippen LogP contribution in [0.5, 0.6) is 0 Å². The molecule has 0 unspecified atom stereocenters. The van der Waals surface area contributed by atoms with Crippen molar-refractivity contribution in [3.8, 4) is 0 Å². The largest absolute Gasteiger partial charge is 0.385 e. The zero-order valence-electron chi connectivity index (χ0n) is 11.1. The Balaban J connectivity index is 2.15. The van der Waals surface area contributed by atoms with Gasteiger partial charge < -0.3 is 15.2 Å². The molecule has 1 aromatic rings. The lowest BCUT2D eigenvalue weighted by atomic mass is 10.2. The zero-order valence-corrected chi connectivity index (χ0v) is 11.9. The monoisotopic (exact) mass is 272 g/mol. The van der Waals surface area contributed by atoms with Crippen LogP contribution in [0.4, 0.5) is 0 Å². The molecule has 0 spiro atoms. The maximum atomic E-state index is 9.74. The quantitative estimate of drug-likeness (QED) is 0.755. The van der Waals surface area contributed by atoms with Crippen LogP contribution in [-0.4, -0.2) is 30.4 Å². The van der Waals surface area contributed by atoms with Crippen LogP contribution in [0.2, 0.25) is 5.02 Å². The number of halogens is 1. The number of ether oxygens (including phenoxy) is 1. The van der Waals surface area contributed by atoms with Crippen LogP contribution in [0.1, 0.15) is 25.8 Å². The molecule has 3 nitrogen and oxygen atoms in total. The molecule has 1 rings (SSSR count). The molecule has 2 atom stereocenters. The van der Waals surface area contributed by atoms with Gasteiger partial charge in [0, 0.05) is 5.02 Å². The molecule has 0 radical (unpaired) electrons. The molecule has 0 bridgehead atoms. The fraction of sp³-hybridized carbons (Fsp3) is 0.571. The van der Waals surface area contributed by atoms with Gasteiger partial charge in [-0.15, -0.1) is 0 Å². The normalized spacial score (nSPS) is 14.4. The highest BCUT2D eigenvalue weighted by molar-refractivity contribution is 6.30. The van der Waals surface area contributed by atoms with E-state index in [1.54, 1.807) is 0 Å². The third kappa shape index (κ3) is 6.36. The van der Waals surface area contributed by atoms with E-state index in [-0.39, 0.29) is 0 Å². The predicted molar refractivity (Wildman–Crippen MR) is 73.7 cm³/mol. The molecule has 0 amide bonds. The van der Waals surface area contributed by atoms with E-state index in [9.17, 15) is 5.11 Å². The first-order chi connectivity index (χ1) is 8.61. The summed E-state index contributed by atoms with van der Waals surface area (Å²) in [6.07, 6.45) is 0.699. The van der Waals surface area contributed by atoms with Crippen molar-refractivity contribution in [1.29, 1.82) is 0 Å². The smallest absolute Gasteiger partial charge is 0.126 e. The molecule has 102 valence electrons. The first kappa shape index (κ1) is 15.4. The van der Waals surface area contributed by atoms with Gasteiger partial charge in [0.1, 0.15) is 12.6 Å². The fourth-order valence-electron chi connectivity index (χ4n) is 1.52. The summed E-state index contributed by atoms with van der Waals surface area (Å²) in [6, 6.07) is 8.09. The van der Waals surface area contributed by atoms with Crippen molar-refractivity contribution in [3.05, 3.63) is 34.9 Å². The maximum Gasteiger partial charge on any atom is 0.126 e. The van der Waals surface area contributed by atoms with Crippen molar-refractivity contribution in [2.75, 3.05) is 13.2 Å². The Hall–Kier alpha value is -0.610. The molecule has 0 aliphatic heterocycles. The lowest BCUT2D eigenvalue weighted by Gasteiger charge is -2.13. The molecule has 0 heterocycles. The number of nitrogens with two attached hydrogens (primary N) is 1. The van der Waals surface area contributed by atoms with Crippen LogP contribution in [0.15, 0.2) is 24.3 Å². The average Bonchev–Trinajstić information content (AvgIpc) is 2.38. The minimum Gasteiger partial charge on any atom is -0.385 e. The first-order valence-electron chi connectivity index (χ1n) is 6.45. The number of aliphatic hydroxyl groups is 1. The molecular formula is C14H23ClNO2+. The van der Waals surface area contributed by atoms with Crippen molar-refractivity contribution in [2.45, 2.75) is 39.0 Å². The summed E-state index contributed by atoms with van der Waals surface area (Å²) in [7, 11) is 0. The Morgan fingerprint density at radius 3 is 2.61 bits per heavy atom. The Kier molecular flexibility index (Phi) is 7.28. The molecule has 3 N–H and O–H groups in total. The van der Waals surface area contributed by atoms with Crippen LogP contribution in [0.3, 0.4) is 0 Å². The molecule has 0 aromatic heterocycles. The van der Waals surface area contributed by atoms with Crippen LogP contribution in [0, 0.1) is 0 Å². The fourth-order valence-corrected chi connectivity index (χ4v) is 1.64. The molecule has 4 heteroatoms. The first-order valence-corrected chi connectivity index (χ1v) is 6.83. The highest BCUT2D eigenvalue weighted by atomic mass is 35.5. The van der Waals surface area contributed by atoms with Gasteiger partial charge in [-0.25, -0.2) is 0 Å². The number of aliphatic hydroxyl groups excluding tert-OH is 1. The molecule has 0 aliphatic rings. The van der Waals surface area contributed by atoms with E-state index in [2.05, 4.69) is 19.2 Å². The van der Waals surface area contributed by atoms with Crippen LogP contribution in [0.25, 0.3) is 0 Å². The van der Waals surface area contributed by atoms with Gasteiger partial charge in [0.15, 0.2) is 0 Å². The minimum atomic E-state index is -0.411. The standard InChI is InChI=1S/C14H22ClNO2/c1-3-11(2)16-8-14(17)10-18-9-12-4-6-13(15)7-5-12/h4-7,11,14,16-17H,3,8-10H2,1-2H3/p+1/t11-,14+/m1/s1. The summed E-state index contributed by atoms with van der Waals surface area (Å²) in [6.45, 7) is 5.87. The van der Waals surface area contributed by atoms with Crippen molar-refractivity contribution in [1.82, 2.24) is 0 Å². The number of quaternary nitrogens is 1. The topological polar surface area (TPSA) is 46.1 Å². The highest BCUT2D eigenvalue weighted by Crippen LogP contribution is 2.10. The van der Waals surface area contributed by atoms with Gasteiger partial charge >= 0.3 is 0 Å². The second kappa shape index (κ2) is 8.48. The van der Waals surface area contributed by atoms with Gasteiger partial charge in [-0.3, -0.25) is 0 Å². The summed E-state index contributed by atoms with van der Waals surface area (Å²) in [5.41, 5.74) is 1.07. The third-order valence-electron chi connectivity index (χ3n) is 2.95. The molecule has 0 saturated heterocycles. The second-order valence-corrected chi connectivity index (χ2v) is 5.09. The third-order valence-corrected chi connectivity index (χ3v) is 3.20. The lowest BCUT2D eigenvalue weighted by Crippen LogP contribution is -2.91. The number of rotatable bonds is 8. The van der Waals surface area contributed by atoms with Gasteiger partial charge in [0.25, 0.3) is 0 Å². The van der Waals surface area contributed by atoms with Gasteiger partial charge in [0.05, 0.1) is 19.3 Å². The van der Waals surface area contributed by atoms with Gasteiger partial charge in [0.2, 0.25) is 0 Å². The zero-order chi connectivity index (χ0) is 13.4. The molecule has 0 saturated carbocycles. The van der Waals surface area contributed by atoms with E-state index in [1.807, 2.05) is 24.3 Å². The van der Waals surface area contributed by atoms with E-state index in [0.717, 1.165) is 17.0 Å². The van der Waals surface area contributed by atoms with E-state index < -0.39 is 6.10 Å². The summed E-state index contributed by atoms with van der Waals surface area (Å²) in [5, 5.41) is 12.6. The van der Waals surface area contributed by atoms with E-state index in [0.29, 0.717) is 25.8 Å². The van der Waals surface area contributed by atoms with Crippen molar-refractivity contribution >= 4 is 11.6 Å². The maximum absolute atomic E-state index is 9.74. The summed E-state index contributed by atoms with van der Waals surface area (Å²) >= 11 is 5.80. The summed E-state index contributed by atoms with van der Waals surface area (Å²) < 4.78 is 5.47. The van der Waals surface area contributed by atoms with Crippen LogP contribution in [-0.2, 0) is 11.3 Å². The Morgan fingerprint density at radius 1 is 1.33 bits per heavy atom. The van der Waals surface area contributed by atoms with Crippen LogP contribution >= 0.6 is 11.6 Å².